The molecule has 0 bridgehead atoms. The van der Waals surface area contributed by atoms with Crippen LogP contribution >= 0.6 is 11.8 Å². The molecule has 0 radical (unpaired) electrons. The summed E-state index contributed by atoms with van der Waals surface area (Å²) in [6.45, 7) is 0. The van der Waals surface area contributed by atoms with Crippen LogP contribution in [0.3, 0.4) is 0 Å². The van der Waals surface area contributed by atoms with Crippen LogP contribution in [0.4, 0.5) is 0 Å². The van der Waals surface area contributed by atoms with Gasteiger partial charge in [0.15, 0.2) is 0 Å². The molecule has 2 heterocycles. The zero-order valence-electron chi connectivity index (χ0n) is 16.9. The molecule has 5 rings (SSSR count). The Kier molecular flexibility index (Phi) is 5.54. The molecule has 0 saturated heterocycles. The minimum absolute atomic E-state index is 0.0114. The third-order valence-electron chi connectivity index (χ3n) is 5.46. The van der Waals surface area contributed by atoms with Crippen molar-refractivity contribution in [2.24, 2.45) is 0 Å². The lowest BCUT2D eigenvalue weighted by molar-refractivity contribution is 0.0914. The molecule has 6 heteroatoms. The summed E-state index contributed by atoms with van der Waals surface area (Å²) in [5.74, 6) is 0.0114. The summed E-state index contributed by atoms with van der Waals surface area (Å²) in [7, 11) is 0. The molecule has 2 N–H and O–H groups in total. The molecule has 1 fully saturated rings. The number of hydrogen-bond donors (Lipinski definition) is 2. The highest BCUT2D eigenvalue weighted by molar-refractivity contribution is 7.99. The number of amides is 1. The van der Waals surface area contributed by atoms with Crippen LogP contribution in [0.1, 0.15) is 41.0 Å². The lowest BCUT2D eigenvalue weighted by Crippen LogP contribution is -2.39. The molecular formula is C25H22N4OS. The number of hydrogen-bond acceptors (Lipinski definition) is 4. The Labute approximate surface area is 185 Å². The molecule has 0 unspecified atom stereocenters. The number of H-pyrrole nitrogens is 1. The standard InChI is InChI=1S/C25H22N4OS/c30-25(27-18-7-5-8-18)21-9-1-2-10-24(21)31-19-12-13-20-22(28-29-23(20)16-19)14-11-17-6-3-4-15-26-17/h1-4,6,9-16,18H,5,7-8H2,(H,27,30)(H,28,29)/b14-11+. The summed E-state index contributed by atoms with van der Waals surface area (Å²) in [6, 6.07) is 20.1. The molecule has 2 aromatic carbocycles. The summed E-state index contributed by atoms with van der Waals surface area (Å²) in [5.41, 5.74) is 3.45. The first-order chi connectivity index (χ1) is 15.3. The average Bonchev–Trinajstić information content (AvgIpc) is 3.18. The van der Waals surface area contributed by atoms with Crippen molar-refractivity contribution in [3.63, 3.8) is 0 Å². The van der Waals surface area contributed by atoms with E-state index in [1.807, 2.05) is 54.6 Å². The van der Waals surface area contributed by atoms with Crippen molar-refractivity contribution in [1.29, 1.82) is 0 Å². The number of aromatic nitrogens is 3. The highest BCUT2D eigenvalue weighted by Gasteiger charge is 2.21. The van der Waals surface area contributed by atoms with Crippen LogP contribution in [0.15, 0.2) is 76.7 Å². The van der Waals surface area contributed by atoms with Crippen LogP contribution in [0, 0.1) is 0 Å². The maximum Gasteiger partial charge on any atom is 0.252 e. The number of carbonyl (C=O) groups excluding carboxylic acids is 1. The molecule has 31 heavy (non-hydrogen) atoms. The summed E-state index contributed by atoms with van der Waals surface area (Å²) in [6.07, 6.45) is 9.05. The highest BCUT2D eigenvalue weighted by atomic mass is 32.2. The van der Waals surface area contributed by atoms with Gasteiger partial charge in [-0.1, -0.05) is 30.0 Å². The number of aromatic amines is 1. The second-order valence-electron chi connectivity index (χ2n) is 7.60. The summed E-state index contributed by atoms with van der Waals surface area (Å²) < 4.78 is 0. The lowest BCUT2D eigenvalue weighted by Gasteiger charge is -2.26. The molecule has 1 saturated carbocycles. The molecule has 0 atom stereocenters. The van der Waals surface area contributed by atoms with Crippen molar-refractivity contribution in [2.45, 2.75) is 35.1 Å². The first kappa shape index (κ1) is 19.6. The van der Waals surface area contributed by atoms with E-state index in [1.165, 1.54) is 6.42 Å². The van der Waals surface area contributed by atoms with Gasteiger partial charge in [-0.2, -0.15) is 5.10 Å². The van der Waals surface area contributed by atoms with E-state index in [0.29, 0.717) is 6.04 Å². The quantitative estimate of drug-likeness (QED) is 0.423. The van der Waals surface area contributed by atoms with E-state index >= 15 is 0 Å². The number of nitrogens with one attached hydrogen (secondary N) is 2. The second-order valence-corrected chi connectivity index (χ2v) is 8.72. The summed E-state index contributed by atoms with van der Waals surface area (Å²) in [4.78, 5) is 19.0. The van der Waals surface area contributed by atoms with Gasteiger partial charge in [0.2, 0.25) is 0 Å². The SMILES string of the molecule is O=C(NC1CCC1)c1ccccc1Sc1ccc2c(/C=C/c3ccccn3)n[nH]c2c1. The summed E-state index contributed by atoms with van der Waals surface area (Å²) >= 11 is 1.59. The van der Waals surface area contributed by atoms with Gasteiger partial charge < -0.3 is 5.32 Å². The van der Waals surface area contributed by atoms with Crippen LogP contribution in [0.2, 0.25) is 0 Å². The van der Waals surface area contributed by atoms with Gasteiger partial charge in [0.05, 0.1) is 22.5 Å². The number of carbonyl (C=O) groups is 1. The van der Waals surface area contributed by atoms with Crippen LogP contribution in [-0.2, 0) is 0 Å². The van der Waals surface area contributed by atoms with Crippen LogP contribution < -0.4 is 5.32 Å². The fourth-order valence-electron chi connectivity index (χ4n) is 3.54. The predicted molar refractivity (Wildman–Crippen MR) is 125 cm³/mol. The topological polar surface area (TPSA) is 70.7 Å². The minimum Gasteiger partial charge on any atom is -0.349 e. The number of benzene rings is 2. The molecule has 154 valence electrons. The molecule has 0 spiro atoms. The fourth-order valence-corrected chi connectivity index (χ4v) is 4.52. The van der Waals surface area contributed by atoms with Gasteiger partial charge in [0, 0.05) is 27.4 Å². The largest absolute Gasteiger partial charge is 0.349 e. The Bertz CT molecular complexity index is 1240. The number of nitrogens with zero attached hydrogens (tertiary/aromatic N) is 2. The van der Waals surface area contributed by atoms with Crippen molar-refractivity contribution in [3.8, 4) is 0 Å². The Hall–Kier alpha value is -3.38. The number of fused-ring (bicyclic) bond motifs is 1. The van der Waals surface area contributed by atoms with Gasteiger partial charge in [-0.3, -0.25) is 14.9 Å². The molecule has 1 aliphatic rings. The molecule has 2 aromatic heterocycles. The Morgan fingerprint density at radius 3 is 2.74 bits per heavy atom. The normalized spacial score (nSPS) is 14.1. The van der Waals surface area contributed by atoms with E-state index in [1.54, 1.807) is 18.0 Å². The smallest absolute Gasteiger partial charge is 0.252 e. The molecule has 5 nitrogen and oxygen atoms in total. The highest BCUT2D eigenvalue weighted by Crippen LogP contribution is 2.33. The minimum atomic E-state index is 0.0114. The van der Waals surface area contributed by atoms with Gasteiger partial charge in [-0.25, -0.2) is 0 Å². The van der Waals surface area contributed by atoms with Gasteiger partial charge >= 0.3 is 0 Å². The first-order valence-electron chi connectivity index (χ1n) is 10.4. The van der Waals surface area contributed by atoms with Crippen molar-refractivity contribution in [2.75, 3.05) is 0 Å². The van der Waals surface area contributed by atoms with Gasteiger partial charge in [-0.15, -0.1) is 0 Å². The molecule has 4 aromatic rings. The third-order valence-corrected chi connectivity index (χ3v) is 6.53. The van der Waals surface area contributed by atoms with Crippen LogP contribution in [0.5, 0.6) is 0 Å². The van der Waals surface area contributed by atoms with E-state index < -0.39 is 0 Å². The van der Waals surface area contributed by atoms with E-state index in [9.17, 15) is 4.79 Å². The van der Waals surface area contributed by atoms with Crippen LogP contribution in [0.25, 0.3) is 23.1 Å². The predicted octanol–water partition coefficient (Wildman–Crippen LogP) is 5.56. The molecule has 0 aliphatic heterocycles. The van der Waals surface area contributed by atoms with Crippen molar-refractivity contribution < 1.29 is 4.79 Å². The lowest BCUT2D eigenvalue weighted by atomic mass is 9.93. The molecular weight excluding hydrogens is 404 g/mol. The second kappa shape index (κ2) is 8.78. The molecule has 1 aliphatic carbocycles. The van der Waals surface area contributed by atoms with Crippen molar-refractivity contribution >= 4 is 40.7 Å². The Morgan fingerprint density at radius 2 is 1.94 bits per heavy atom. The fraction of sp³-hybridized carbons (Fsp3) is 0.160. The van der Waals surface area contributed by atoms with Crippen molar-refractivity contribution in [3.05, 3.63) is 83.8 Å². The van der Waals surface area contributed by atoms with Crippen molar-refractivity contribution in [1.82, 2.24) is 20.5 Å². The Morgan fingerprint density at radius 1 is 1.06 bits per heavy atom. The van der Waals surface area contributed by atoms with Gasteiger partial charge in [0.25, 0.3) is 5.91 Å². The Balaban J connectivity index is 1.36. The maximum atomic E-state index is 12.7. The zero-order chi connectivity index (χ0) is 21.0. The monoisotopic (exact) mass is 426 g/mol. The first-order valence-corrected chi connectivity index (χ1v) is 11.2. The summed E-state index contributed by atoms with van der Waals surface area (Å²) in [5, 5.41) is 11.7. The number of rotatable bonds is 6. The van der Waals surface area contributed by atoms with E-state index in [2.05, 4.69) is 38.7 Å². The van der Waals surface area contributed by atoms with E-state index in [0.717, 1.165) is 50.5 Å². The van der Waals surface area contributed by atoms with Crippen LogP contribution in [-0.4, -0.2) is 27.1 Å². The van der Waals surface area contributed by atoms with E-state index in [-0.39, 0.29) is 5.91 Å². The van der Waals surface area contributed by atoms with E-state index in [4.69, 9.17) is 0 Å². The molecule has 1 amide bonds. The number of pyridine rings is 1. The zero-order valence-corrected chi connectivity index (χ0v) is 17.7. The maximum absolute atomic E-state index is 12.7. The van der Waals surface area contributed by atoms with Gasteiger partial charge in [0.1, 0.15) is 0 Å². The van der Waals surface area contributed by atoms with Gasteiger partial charge in [-0.05, 0) is 73.9 Å². The third kappa shape index (κ3) is 4.39. The average molecular weight is 427 g/mol.